The van der Waals surface area contributed by atoms with Crippen molar-refractivity contribution in [1.82, 2.24) is 0 Å². The van der Waals surface area contributed by atoms with Crippen molar-refractivity contribution in [3.63, 3.8) is 0 Å². The Kier molecular flexibility index (Phi) is 6.81. The van der Waals surface area contributed by atoms with E-state index >= 15 is 0 Å². The van der Waals surface area contributed by atoms with Crippen LogP contribution in [0.2, 0.25) is 0 Å². The highest BCUT2D eigenvalue weighted by atomic mass is 16.6. The molecule has 2 aromatic rings. The van der Waals surface area contributed by atoms with Crippen LogP contribution >= 0.6 is 0 Å². The molecule has 0 unspecified atom stereocenters. The van der Waals surface area contributed by atoms with Crippen LogP contribution in [0.25, 0.3) is 0 Å². The number of hydrogen-bond donors (Lipinski definition) is 1. The molecule has 2 aromatic carbocycles. The fourth-order valence-corrected chi connectivity index (χ4v) is 3.15. The average Bonchev–Trinajstić information content (AvgIpc) is 3.14. The molecule has 2 amide bonds. The van der Waals surface area contributed by atoms with Crippen LogP contribution in [0.5, 0.6) is 5.75 Å². The molecule has 1 aliphatic rings. The highest BCUT2D eigenvalue weighted by molar-refractivity contribution is 6.00. The maximum absolute atomic E-state index is 12.3. The van der Waals surface area contributed by atoms with E-state index in [4.69, 9.17) is 9.47 Å². The van der Waals surface area contributed by atoms with E-state index in [1.807, 2.05) is 6.92 Å². The van der Waals surface area contributed by atoms with Crippen LogP contribution in [0.4, 0.5) is 17.1 Å². The number of nitro groups is 1. The molecule has 1 aliphatic heterocycles. The lowest BCUT2D eigenvalue weighted by Crippen LogP contribution is -2.28. The van der Waals surface area contributed by atoms with Gasteiger partial charge in [0.1, 0.15) is 5.75 Å². The van der Waals surface area contributed by atoms with Gasteiger partial charge in [0.25, 0.3) is 11.6 Å². The number of nitro benzene ring substituents is 1. The van der Waals surface area contributed by atoms with E-state index in [-0.39, 0.29) is 30.2 Å². The summed E-state index contributed by atoms with van der Waals surface area (Å²) in [5.41, 5.74) is 0.689. The van der Waals surface area contributed by atoms with Gasteiger partial charge in [0.05, 0.1) is 17.4 Å². The third-order valence-electron chi connectivity index (χ3n) is 4.60. The molecule has 1 fully saturated rings. The quantitative estimate of drug-likeness (QED) is 0.389. The lowest BCUT2D eigenvalue weighted by Gasteiger charge is -2.17. The molecule has 1 N–H and O–H groups in total. The monoisotopic (exact) mass is 427 g/mol. The Labute approximate surface area is 177 Å². The number of non-ortho nitro benzene ring substituents is 1. The SMILES string of the molecule is CCOc1ccc(N2C[C@H](C(=O)OCC(=O)Nc3cccc([N+](=O)[O-])c3)CC2=O)cc1. The van der Waals surface area contributed by atoms with E-state index in [0.717, 1.165) is 0 Å². The van der Waals surface area contributed by atoms with Crippen molar-refractivity contribution >= 4 is 34.8 Å². The Hall–Kier alpha value is -3.95. The number of rotatable bonds is 8. The van der Waals surface area contributed by atoms with Gasteiger partial charge in [-0.3, -0.25) is 24.5 Å². The number of esters is 1. The smallest absolute Gasteiger partial charge is 0.311 e. The van der Waals surface area contributed by atoms with Crippen molar-refractivity contribution in [3.05, 3.63) is 58.6 Å². The number of hydrogen-bond acceptors (Lipinski definition) is 7. The first-order valence-electron chi connectivity index (χ1n) is 9.61. The van der Waals surface area contributed by atoms with Gasteiger partial charge >= 0.3 is 5.97 Å². The molecule has 10 heteroatoms. The summed E-state index contributed by atoms with van der Waals surface area (Å²) >= 11 is 0. The van der Waals surface area contributed by atoms with Gasteiger partial charge < -0.3 is 19.7 Å². The first-order chi connectivity index (χ1) is 14.9. The molecule has 3 rings (SSSR count). The summed E-state index contributed by atoms with van der Waals surface area (Å²) in [6, 6.07) is 12.4. The number of nitrogens with zero attached hydrogens (tertiary/aromatic N) is 2. The summed E-state index contributed by atoms with van der Waals surface area (Å²) in [7, 11) is 0. The minimum atomic E-state index is -0.690. The Morgan fingerprint density at radius 3 is 2.65 bits per heavy atom. The van der Waals surface area contributed by atoms with Gasteiger partial charge in [-0.15, -0.1) is 0 Å². The molecule has 0 aliphatic carbocycles. The van der Waals surface area contributed by atoms with Gasteiger partial charge in [0.2, 0.25) is 5.91 Å². The van der Waals surface area contributed by atoms with Crippen molar-refractivity contribution in [1.29, 1.82) is 0 Å². The van der Waals surface area contributed by atoms with Gasteiger partial charge in [-0.1, -0.05) is 6.07 Å². The van der Waals surface area contributed by atoms with Crippen LogP contribution in [-0.4, -0.2) is 42.5 Å². The summed E-state index contributed by atoms with van der Waals surface area (Å²) in [4.78, 5) is 48.3. The van der Waals surface area contributed by atoms with Crippen molar-refractivity contribution in [2.45, 2.75) is 13.3 Å². The van der Waals surface area contributed by atoms with Crippen LogP contribution < -0.4 is 15.0 Å². The van der Waals surface area contributed by atoms with Crippen LogP contribution in [-0.2, 0) is 19.1 Å². The van der Waals surface area contributed by atoms with E-state index in [2.05, 4.69) is 5.32 Å². The zero-order chi connectivity index (χ0) is 22.4. The van der Waals surface area contributed by atoms with Crippen molar-refractivity contribution in [3.8, 4) is 5.75 Å². The summed E-state index contributed by atoms with van der Waals surface area (Å²) in [6.45, 7) is 2.00. The Morgan fingerprint density at radius 1 is 1.23 bits per heavy atom. The van der Waals surface area contributed by atoms with Gasteiger partial charge in [0.15, 0.2) is 6.61 Å². The molecule has 10 nitrogen and oxygen atoms in total. The van der Waals surface area contributed by atoms with Gasteiger partial charge in [-0.25, -0.2) is 0 Å². The lowest BCUT2D eigenvalue weighted by molar-refractivity contribution is -0.384. The maximum atomic E-state index is 12.3. The van der Waals surface area contributed by atoms with E-state index in [1.54, 1.807) is 24.3 Å². The second-order valence-corrected chi connectivity index (χ2v) is 6.80. The third kappa shape index (κ3) is 5.56. The lowest BCUT2D eigenvalue weighted by atomic mass is 10.1. The molecule has 0 saturated carbocycles. The molecular formula is C21H21N3O7. The normalized spacial score (nSPS) is 15.5. The number of anilines is 2. The van der Waals surface area contributed by atoms with E-state index in [0.29, 0.717) is 18.0 Å². The van der Waals surface area contributed by atoms with E-state index in [1.165, 1.54) is 29.2 Å². The second-order valence-electron chi connectivity index (χ2n) is 6.80. The van der Waals surface area contributed by atoms with Crippen molar-refractivity contribution < 1.29 is 28.8 Å². The Balaban J connectivity index is 1.51. The fraction of sp³-hybridized carbons (Fsp3) is 0.286. The fourth-order valence-electron chi connectivity index (χ4n) is 3.15. The maximum Gasteiger partial charge on any atom is 0.311 e. The highest BCUT2D eigenvalue weighted by Gasteiger charge is 2.36. The second kappa shape index (κ2) is 9.70. The summed E-state index contributed by atoms with van der Waals surface area (Å²) < 4.78 is 10.4. The summed E-state index contributed by atoms with van der Waals surface area (Å²) in [5, 5.41) is 13.2. The number of benzene rings is 2. The molecule has 1 atom stereocenters. The molecule has 31 heavy (non-hydrogen) atoms. The van der Waals surface area contributed by atoms with Gasteiger partial charge in [-0.05, 0) is 37.3 Å². The number of carbonyl (C=O) groups excluding carboxylic acids is 3. The first kappa shape index (κ1) is 21.8. The number of carbonyl (C=O) groups is 3. The number of nitrogens with one attached hydrogen (secondary N) is 1. The number of ether oxygens (including phenoxy) is 2. The van der Waals surface area contributed by atoms with Crippen molar-refractivity contribution in [2.24, 2.45) is 5.92 Å². The van der Waals surface area contributed by atoms with Crippen LogP contribution in [0, 0.1) is 16.0 Å². The standard InChI is InChI=1S/C21H21N3O7/c1-2-30-18-8-6-16(7-9-18)23-12-14(10-20(23)26)21(27)31-13-19(25)22-15-4-3-5-17(11-15)24(28)29/h3-9,11,14H,2,10,12-13H2,1H3,(H,22,25)/t14-/m1/s1. The molecule has 162 valence electrons. The molecule has 0 bridgehead atoms. The van der Waals surface area contributed by atoms with Crippen molar-refractivity contribution in [2.75, 3.05) is 30.0 Å². The first-order valence-corrected chi connectivity index (χ1v) is 9.61. The molecular weight excluding hydrogens is 406 g/mol. The predicted molar refractivity (Wildman–Crippen MR) is 111 cm³/mol. The van der Waals surface area contributed by atoms with Crippen LogP contribution in [0.15, 0.2) is 48.5 Å². The molecule has 1 heterocycles. The minimum absolute atomic E-state index is 0.0153. The van der Waals surface area contributed by atoms with Crippen LogP contribution in [0.1, 0.15) is 13.3 Å². The topological polar surface area (TPSA) is 128 Å². The van der Waals surface area contributed by atoms with E-state index < -0.39 is 29.3 Å². The molecule has 1 saturated heterocycles. The number of amides is 2. The average molecular weight is 427 g/mol. The third-order valence-corrected chi connectivity index (χ3v) is 4.60. The zero-order valence-corrected chi connectivity index (χ0v) is 16.8. The van der Waals surface area contributed by atoms with E-state index in [9.17, 15) is 24.5 Å². The minimum Gasteiger partial charge on any atom is -0.494 e. The highest BCUT2D eigenvalue weighted by Crippen LogP contribution is 2.27. The zero-order valence-electron chi connectivity index (χ0n) is 16.8. The van der Waals surface area contributed by atoms with Gasteiger partial charge in [-0.2, -0.15) is 0 Å². The Morgan fingerprint density at radius 2 is 1.97 bits per heavy atom. The summed E-state index contributed by atoms with van der Waals surface area (Å²) in [5.74, 6) is -1.52. The van der Waals surface area contributed by atoms with Crippen LogP contribution in [0.3, 0.4) is 0 Å². The molecule has 0 radical (unpaired) electrons. The Bertz CT molecular complexity index is 991. The molecule has 0 spiro atoms. The van der Waals surface area contributed by atoms with Gasteiger partial charge in [0, 0.05) is 36.5 Å². The predicted octanol–water partition coefficient (Wildman–Crippen LogP) is 2.53. The largest absolute Gasteiger partial charge is 0.494 e. The summed E-state index contributed by atoms with van der Waals surface area (Å²) in [6.07, 6.45) is -0.0153. The molecule has 0 aromatic heterocycles.